The summed E-state index contributed by atoms with van der Waals surface area (Å²) in [6.07, 6.45) is -1.17. The second-order valence-corrected chi connectivity index (χ2v) is 35.1. The molecule has 0 spiro atoms. The molecule has 0 aliphatic heterocycles. The summed E-state index contributed by atoms with van der Waals surface area (Å²) < 4.78 is 201. The summed E-state index contributed by atoms with van der Waals surface area (Å²) in [5.41, 5.74) is 5.29. The van der Waals surface area contributed by atoms with Crippen LogP contribution in [-0.4, -0.2) is 150 Å². The lowest BCUT2D eigenvalue weighted by Gasteiger charge is -2.27. The highest BCUT2D eigenvalue weighted by molar-refractivity contribution is 8.13. The van der Waals surface area contributed by atoms with Gasteiger partial charge in [-0.05, 0) is 171 Å². The number of nitrogens with one attached hydrogen (secondary N) is 2. The molecule has 0 saturated carbocycles. The number of rotatable bonds is 26. The van der Waals surface area contributed by atoms with Gasteiger partial charge in [-0.1, -0.05) is 59.7 Å². The SMILES string of the molecule is CNC(=O)c1c(-c2ccc(F)cc2)oc2cc(N(CC(O)CCO)S(C)(=O)=O)c(-c3ccc(OC)c(-c4nc5c(F)cccc5o4)c3)cc12.CNC(=O)c1c(-c2ccc(F)cc2)oc2cc(N(CC(O)CCOS(=O)(=O)c3ccc(C)cc3)S(C)(=O)=O)c(-c3ccc(OC)c(-c4nc5c(F)cccc5o4)c3)cc12.Cc1ccc(S(=O)(=O)Cl)cc1. The predicted molar refractivity (Wildman–Crippen MR) is 441 cm³/mol. The van der Waals surface area contributed by atoms with E-state index in [0.717, 1.165) is 32.2 Å². The van der Waals surface area contributed by atoms with Gasteiger partial charge >= 0.3 is 0 Å². The maximum atomic E-state index is 14.7. The van der Waals surface area contributed by atoms with E-state index in [1.54, 1.807) is 91.9 Å². The summed E-state index contributed by atoms with van der Waals surface area (Å²) >= 11 is 0. The highest BCUT2D eigenvalue weighted by Gasteiger charge is 2.33. The number of hydrogen-bond acceptors (Lipinski definition) is 22. The molecule has 2 amide bonds. The number of aliphatic hydroxyl groups is 3. The van der Waals surface area contributed by atoms with Crippen molar-refractivity contribution in [2.75, 3.05) is 75.7 Å². The van der Waals surface area contributed by atoms with Crippen molar-refractivity contribution in [1.29, 1.82) is 0 Å². The lowest BCUT2D eigenvalue weighted by atomic mass is 9.96. The summed E-state index contributed by atoms with van der Waals surface area (Å²) in [5, 5.41) is 37.1. The molecule has 0 fully saturated rings. The van der Waals surface area contributed by atoms with Crippen LogP contribution in [0.4, 0.5) is 28.9 Å². The number of benzene rings is 10. The minimum absolute atomic E-state index is 0.00429. The van der Waals surface area contributed by atoms with E-state index < -0.39 is 106 Å². The standard InChI is InChI=1S/C42H37F2N3O10S2.C35H31F2N3O8S.C7H7ClO2S/c1-24-8-15-29(16-9-24)59(52,53)55-19-18-28(48)23-47(58(4,50)51)34-22-37-31(38(41(49)45-2)40(56-37)25-10-13-27(43)14-11-25)21-30(34)26-12-17-35(54-3)32(20-26)42-46-39-33(44)6-5-7-36(39)57-42;1-38-34(43)31-24-16-23(20-9-12-28(46-2)25(15-20)35-39-32-26(37)5-4-6-29(32)48-35)27(40(49(3,44)45)18-22(42)13-14-41)17-30(24)47-33(31)19-7-10-21(36)11-8-19;1-6-2-4-7(5-3-6)11(8,9)10/h5-17,20-22,28,48H,18-19,23H2,1-4H3,(H,45,49);4-12,15-17,22,41-42H,13-14,18H2,1-3H3,(H,38,43);2-5H,1H3. The Kier molecular flexibility index (Phi) is 25.9. The molecule has 4 heterocycles. The predicted octanol–water partition coefficient (Wildman–Crippen LogP) is 15.1. The zero-order valence-electron chi connectivity index (χ0n) is 64.5. The van der Waals surface area contributed by atoms with E-state index in [-0.39, 0.29) is 136 Å². The molecule has 35 heteroatoms. The first-order valence-corrected chi connectivity index (χ1v) is 43.5. The van der Waals surface area contributed by atoms with Crippen molar-refractivity contribution in [3.05, 3.63) is 240 Å². The number of aliphatic hydroxyl groups excluding tert-OH is 3. The molecule has 0 bridgehead atoms. The normalized spacial score (nSPS) is 12.4. The summed E-state index contributed by atoms with van der Waals surface area (Å²) in [6, 6.07) is 47.2. The molecule has 0 aliphatic carbocycles. The first kappa shape index (κ1) is 86.4. The van der Waals surface area contributed by atoms with Gasteiger partial charge in [0.25, 0.3) is 31.0 Å². The Bertz CT molecular complexity index is 6650. The van der Waals surface area contributed by atoms with Gasteiger partial charge in [0.2, 0.25) is 31.8 Å². The number of methoxy groups -OCH3 is 2. The number of hydrogen-bond donors (Lipinski definition) is 5. The van der Waals surface area contributed by atoms with Crippen LogP contribution in [0.25, 0.3) is 112 Å². The Hall–Kier alpha value is -12.0. The molecule has 119 heavy (non-hydrogen) atoms. The monoisotopic (exact) mass is 1730 g/mol. The quantitative estimate of drug-likeness (QED) is 0.0191. The largest absolute Gasteiger partial charge is 0.496 e. The van der Waals surface area contributed by atoms with Crippen LogP contribution < -0.4 is 28.7 Å². The van der Waals surface area contributed by atoms with Gasteiger partial charge in [-0.25, -0.2) is 52.8 Å². The number of carbonyl (C=O) groups excluding carboxylic acids is 2. The van der Waals surface area contributed by atoms with Crippen LogP contribution >= 0.6 is 10.7 Å². The molecule has 0 aliphatic rings. The smallest absolute Gasteiger partial charge is 0.296 e. The number of aromatic nitrogens is 2. The van der Waals surface area contributed by atoms with Gasteiger partial charge < -0.3 is 53.1 Å². The fourth-order valence-corrected chi connectivity index (χ4v) is 16.5. The van der Waals surface area contributed by atoms with Crippen molar-refractivity contribution in [2.24, 2.45) is 0 Å². The summed E-state index contributed by atoms with van der Waals surface area (Å²) in [7, 11) is -5.24. The van der Waals surface area contributed by atoms with E-state index in [4.69, 9.17) is 42.0 Å². The molecule has 10 aromatic carbocycles. The minimum atomic E-state index is -4.24. The molecule has 2 unspecified atom stereocenters. The van der Waals surface area contributed by atoms with E-state index in [1.165, 1.54) is 138 Å². The highest BCUT2D eigenvalue weighted by Crippen LogP contribution is 2.47. The number of nitrogens with zero attached hydrogens (tertiary/aromatic N) is 4. The van der Waals surface area contributed by atoms with E-state index >= 15 is 0 Å². The number of carbonyl (C=O) groups is 2. The molecular formula is C84H75ClF4N6O20S4. The molecule has 2 atom stereocenters. The molecule has 14 aromatic rings. The highest BCUT2D eigenvalue weighted by atomic mass is 35.7. The second-order valence-electron chi connectivity index (χ2n) is 27.1. The lowest BCUT2D eigenvalue weighted by Crippen LogP contribution is -2.37. The number of oxazole rings is 2. The van der Waals surface area contributed by atoms with Crippen molar-refractivity contribution in [3.63, 3.8) is 0 Å². The number of ether oxygens (including phenoxy) is 2. The van der Waals surface area contributed by atoms with Crippen LogP contribution in [0.15, 0.2) is 222 Å². The van der Waals surface area contributed by atoms with Crippen molar-refractivity contribution in [1.82, 2.24) is 20.6 Å². The van der Waals surface area contributed by atoms with Gasteiger partial charge in [-0.2, -0.15) is 8.42 Å². The summed E-state index contributed by atoms with van der Waals surface area (Å²) in [6.45, 7) is 1.85. The maximum absolute atomic E-state index is 14.7. The van der Waals surface area contributed by atoms with Gasteiger partial charge in [0, 0.05) is 76.5 Å². The van der Waals surface area contributed by atoms with Crippen LogP contribution in [0.3, 0.4) is 0 Å². The fourth-order valence-electron chi connectivity index (χ4n) is 12.9. The Morgan fingerprint density at radius 1 is 0.487 bits per heavy atom. The number of para-hydroxylation sites is 2. The number of halogens is 5. The number of anilines is 2. The molecule has 0 saturated heterocycles. The second kappa shape index (κ2) is 35.7. The molecule has 620 valence electrons. The number of amides is 2. The third kappa shape index (κ3) is 19.3. The lowest BCUT2D eigenvalue weighted by molar-refractivity contribution is 0.0956. The molecular weight excluding hydrogens is 1650 g/mol. The van der Waals surface area contributed by atoms with E-state index in [9.17, 15) is 76.1 Å². The summed E-state index contributed by atoms with van der Waals surface area (Å²) in [5.74, 6) is -2.45. The van der Waals surface area contributed by atoms with Crippen LogP contribution in [-0.2, 0) is 43.4 Å². The van der Waals surface area contributed by atoms with Gasteiger partial charge in [-0.3, -0.25) is 22.4 Å². The van der Waals surface area contributed by atoms with Crippen molar-refractivity contribution in [2.45, 2.75) is 48.7 Å². The molecule has 26 nitrogen and oxygen atoms in total. The average molecular weight is 1730 g/mol. The number of aryl methyl sites for hydroxylation is 2. The maximum Gasteiger partial charge on any atom is 0.296 e. The van der Waals surface area contributed by atoms with Gasteiger partial charge in [-0.15, -0.1) is 0 Å². The minimum Gasteiger partial charge on any atom is -0.496 e. The average Bonchev–Trinajstić information content (AvgIpc) is 1.68. The topological polar surface area (TPSA) is 368 Å². The molecule has 14 rings (SSSR count). The first-order valence-electron chi connectivity index (χ1n) is 36.1. The van der Waals surface area contributed by atoms with Gasteiger partial charge in [0.1, 0.15) is 56.9 Å². The van der Waals surface area contributed by atoms with Crippen LogP contribution in [0, 0.1) is 37.1 Å². The van der Waals surface area contributed by atoms with Crippen molar-refractivity contribution in [3.8, 4) is 79.3 Å². The Labute approximate surface area is 684 Å². The van der Waals surface area contributed by atoms with E-state index in [1.807, 2.05) is 6.92 Å². The number of furan rings is 2. The van der Waals surface area contributed by atoms with Crippen LogP contribution in [0.5, 0.6) is 11.5 Å². The van der Waals surface area contributed by atoms with Gasteiger partial charge in [0.15, 0.2) is 22.8 Å². The number of sulfonamides is 2. The van der Waals surface area contributed by atoms with Crippen LogP contribution in [0.1, 0.15) is 44.7 Å². The zero-order valence-corrected chi connectivity index (χ0v) is 68.5. The molecule has 4 aromatic heterocycles. The third-order valence-corrected chi connectivity index (χ3v) is 23.8. The van der Waals surface area contributed by atoms with Crippen LogP contribution in [0.2, 0.25) is 0 Å². The third-order valence-electron chi connectivity index (χ3n) is 18.8. The van der Waals surface area contributed by atoms with Crippen molar-refractivity contribution >= 4 is 117 Å². The first-order chi connectivity index (χ1) is 56.5. The molecule has 0 radical (unpaired) electrons. The van der Waals surface area contributed by atoms with E-state index in [2.05, 4.69) is 20.6 Å². The van der Waals surface area contributed by atoms with Gasteiger partial charge in [0.05, 0.1) is 102 Å². The van der Waals surface area contributed by atoms with Crippen molar-refractivity contribution < 1.29 is 107 Å². The Balaban J connectivity index is 0.000000196. The van der Waals surface area contributed by atoms with E-state index in [0.29, 0.717) is 39.0 Å². The zero-order chi connectivity index (χ0) is 85.7. The fraction of sp³-hybridized carbons (Fsp3) is 0.190. The Morgan fingerprint density at radius 2 is 0.874 bits per heavy atom. The molecule has 5 N–H and O–H groups in total. The summed E-state index contributed by atoms with van der Waals surface area (Å²) in [4.78, 5) is 35.6. The Morgan fingerprint density at radius 3 is 1.24 bits per heavy atom. The number of fused-ring (bicyclic) bond motifs is 4.